The van der Waals surface area contributed by atoms with E-state index >= 15 is 0 Å². The summed E-state index contributed by atoms with van der Waals surface area (Å²) in [5.41, 5.74) is 6.89. The van der Waals surface area contributed by atoms with E-state index in [1.807, 2.05) is 65.9 Å². The van der Waals surface area contributed by atoms with Crippen LogP contribution < -0.4 is 0 Å². The molecule has 0 bridgehead atoms. The molecule has 4 aromatic carbocycles. The van der Waals surface area contributed by atoms with Gasteiger partial charge in [0.25, 0.3) is 0 Å². The topological polar surface area (TPSA) is 59.1 Å². The number of amides is 1. The molecule has 1 atom stereocenters. The van der Waals surface area contributed by atoms with E-state index < -0.39 is 18.1 Å². The van der Waals surface area contributed by atoms with Crippen molar-refractivity contribution in [3.8, 4) is 11.1 Å². The molecule has 2 heterocycles. The van der Waals surface area contributed by atoms with E-state index in [2.05, 4.69) is 60.4 Å². The second kappa shape index (κ2) is 12.9. The number of hydrogen-bond acceptors (Lipinski definition) is 6. The van der Waals surface area contributed by atoms with Crippen molar-refractivity contribution in [1.82, 2.24) is 9.80 Å². The number of piperazine rings is 1. The van der Waals surface area contributed by atoms with Crippen molar-refractivity contribution >= 4 is 33.5 Å². The summed E-state index contributed by atoms with van der Waals surface area (Å²) in [5.74, 6) is -0.464. The first-order valence-electron chi connectivity index (χ1n) is 15.6. The van der Waals surface area contributed by atoms with Crippen molar-refractivity contribution in [2.45, 2.75) is 38.5 Å². The predicted octanol–water partition coefficient (Wildman–Crippen LogP) is 7.64. The van der Waals surface area contributed by atoms with Gasteiger partial charge in [-0.2, -0.15) is 0 Å². The molecule has 1 saturated heterocycles. The van der Waals surface area contributed by atoms with Crippen LogP contribution in [0.1, 0.15) is 40.0 Å². The van der Waals surface area contributed by atoms with Crippen molar-refractivity contribution in [3.63, 3.8) is 0 Å². The lowest BCUT2D eigenvalue weighted by molar-refractivity contribution is -0.153. The average Bonchev–Trinajstić information content (AvgIpc) is 3.61. The summed E-state index contributed by atoms with van der Waals surface area (Å²) in [6.07, 6.45) is 0.477. The Morgan fingerprint density at radius 2 is 1.47 bits per heavy atom. The van der Waals surface area contributed by atoms with Crippen LogP contribution in [0.3, 0.4) is 0 Å². The molecule has 7 rings (SSSR count). The Bertz CT molecular complexity index is 1790. The molecule has 1 amide bonds. The summed E-state index contributed by atoms with van der Waals surface area (Å²) in [7, 11) is 0. The number of carbonyl (C=O) groups excluding carboxylic acids is 2. The highest BCUT2D eigenvalue weighted by Gasteiger charge is 2.39. The van der Waals surface area contributed by atoms with Crippen molar-refractivity contribution in [2.24, 2.45) is 0 Å². The zero-order valence-corrected chi connectivity index (χ0v) is 26.2. The van der Waals surface area contributed by atoms with E-state index in [4.69, 9.17) is 9.47 Å². The van der Waals surface area contributed by atoms with Gasteiger partial charge in [0.1, 0.15) is 19.3 Å². The summed E-state index contributed by atoms with van der Waals surface area (Å²) >= 11 is 1.84. The number of nitrogens with zero attached hydrogens (tertiary/aromatic N) is 2. The first kappa shape index (κ1) is 29.3. The van der Waals surface area contributed by atoms with Gasteiger partial charge in [0, 0.05) is 41.7 Å². The third-order valence-corrected chi connectivity index (χ3v) is 10.4. The van der Waals surface area contributed by atoms with E-state index in [1.54, 1.807) is 4.90 Å². The molecule has 0 N–H and O–H groups in total. The Kier molecular flexibility index (Phi) is 8.37. The molecule has 228 valence electrons. The number of benzene rings is 4. The summed E-state index contributed by atoms with van der Waals surface area (Å²) in [6.45, 7) is 4.67. The van der Waals surface area contributed by atoms with Gasteiger partial charge in [0.2, 0.25) is 0 Å². The SMILES string of the molecule is CCc1sc2ccccc2c1CN1CCN(C(=O)OCC2c3ccccc3-c3ccccc32)C(C(=O)OCc2ccccc2)C1. The summed E-state index contributed by atoms with van der Waals surface area (Å²) < 4.78 is 13.1. The van der Waals surface area contributed by atoms with Crippen LogP contribution in [0.4, 0.5) is 4.79 Å². The molecule has 1 aliphatic heterocycles. The van der Waals surface area contributed by atoms with E-state index in [0.717, 1.165) is 23.1 Å². The third kappa shape index (κ3) is 5.86. The van der Waals surface area contributed by atoms with Crippen molar-refractivity contribution < 1.29 is 19.1 Å². The smallest absolute Gasteiger partial charge is 0.410 e. The van der Waals surface area contributed by atoms with Gasteiger partial charge in [0.05, 0.1) is 0 Å². The number of rotatable bonds is 8. The predicted molar refractivity (Wildman–Crippen MR) is 178 cm³/mol. The monoisotopic (exact) mass is 616 g/mol. The quantitative estimate of drug-likeness (QED) is 0.168. The van der Waals surface area contributed by atoms with Crippen LogP contribution in [0.15, 0.2) is 103 Å². The number of fused-ring (bicyclic) bond motifs is 4. The van der Waals surface area contributed by atoms with Crippen LogP contribution in [0, 0.1) is 0 Å². The van der Waals surface area contributed by atoms with Gasteiger partial charge in [-0.15, -0.1) is 11.3 Å². The molecule has 0 saturated carbocycles. The fraction of sp³-hybridized carbons (Fsp3) is 0.263. The van der Waals surface area contributed by atoms with E-state index in [9.17, 15) is 9.59 Å². The maximum absolute atomic E-state index is 13.7. The van der Waals surface area contributed by atoms with Gasteiger partial charge in [-0.25, -0.2) is 9.59 Å². The Morgan fingerprint density at radius 3 is 2.20 bits per heavy atom. The van der Waals surface area contributed by atoms with E-state index in [-0.39, 0.29) is 19.1 Å². The van der Waals surface area contributed by atoms with Crippen LogP contribution in [0.25, 0.3) is 21.2 Å². The fourth-order valence-electron chi connectivity index (χ4n) is 6.74. The Morgan fingerprint density at radius 1 is 0.800 bits per heavy atom. The van der Waals surface area contributed by atoms with Crippen molar-refractivity contribution in [1.29, 1.82) is 0 Å². The molecular formula is C38H36N2O4S. The molecule has 1 aliphatic carbocycles. The molecule has 5 aromatic rings. The lowest BCUT2D eigenvalue weighted by Gasteiger charge is -2.39. The van der Waals surface area contributed by atoms with Crippen LogP contribution in [0.2, 0.25) is 0 Å². The Balaban J connectivity index is 1.10. The maximum Gasteiger partial charge on any atom is 0.410 e. The molecule has 1 aromatic heterocycles. The summed E-state index contributed by atoms with van der Waals surface area (Å²) in [5, 5.41) is 1.27. The standard InChI is InChI=1S/C38H36N2O4S/c1-2-35-32(31-18-10-11-19-36(31)45-35)22-39-20-21-40(34(23-39)37(41)43-24-26-12-4-3-5-13-26)38(42)44-25-33-29-16-8-6-14-27(29)28-15-7-9-17-30(28)33/h3-19,33-34H,2,20-25H2,1H3. The maximum atomic E-state index is 13.7. The number of esters is 1. The lowest BCUT2D eigenvalue weighted by Crippen LogP contribution is -2.58. The van der Waals surface area contributed by atoms with Gasteiger partial charge < -0.3 is 9.47 Å². The number of aryl methyl sites for hydroxylation is 1. The van der Waals surface area contributed by atoms with Crippen LogP contribution >= 0.6 is 11.3 Å². The second-order valence-corrected chi connectivity index (χ2v) is 12.8. The molecule has 2 aliphatic rings. The Labute approximate surface area is 267 Å². The average molecular weight is 617 g/mol. The number of thiophene rings is 1. The minimum Gasteiger partial charge on any atom is -0.459 e. The first-order chi connectivity index (χ1) is 22.1. The van der Waals surface area contributed by atoms with Crippen LogP contribution in [0.5, 0.6) is 0 Å². The Hall–Kier alpha value is -4.46. The van der Waals surface area contributed by atoms with Crippen LogP contribution in [-0.2, 0) is 33.8 Å². The van der Waals surface area contributed by atoms with E-state index in [0.29, 0.717) is 26.2 Å². The minimum absolute atomic E-state index is 0.0505. The van der Waals surface area contributed by atoms with Gasteiger partial charge in [-0.1, -0.05) is 104 Å². The molecule has 45 heavy (non-hydrogen) atoms. The second-order valence-electron chi connectivity index (χ2n) is 11.7. The lowest BCUT2D eigenvalue weighted by atomic mass is 9.98. The highest BCUT2D eigenvalue weighted by atomic mass is 32.1. The summed E-state index contributed by atoms with van der Waals surface area (Å²) in [6, 6.07) is 33.9. The zero-order chi connectivity index (χ0) is 30.8. The molecule has 6 nitrogen and oxygen atoms in total. The molecule has 7 heteroatoms. The molecular weight excluding hydrogens is 580 g/mol. The third-order valence-electron chi connectivity index (χ3n) is 9.02. The molecule has 1 fully saturated rings. The number of hydrogen-bond donors (Lipinski definition) is 0. The fourth-order valence-corrected chi connectivity index (χ4v) is 7.89. The largest absolute Gasteiger partial charge is 0.459 e. The molecule has 0 radical (unpaired) electrons. The highest BCUT2D eigenvalue weighted by molar-refractivity contribution is 7.19. The molecule has 1 unspecified atom stereocenters. The number of ether oxygens (including phenoxy) is 2. The zero-order valence-electron chi connectivity index (χ0n) is 25.4. The highest BCUT2D eigenvalue weighted by Crippen LogP contribution is 2.44. The van der Waals surface area contributed by atoms with E-state index in [1.165, 1.54) is 31.7 Å². The normalized spacial score (nSPS) is 16.4. The van der Waals surface area contributed by atoms with Crippen molar-refractivity contribution in [2.75, 3.05) is 26.2 Å². The van der Waals surface area contributed by atoms with Gasteiger partial charge >= 0.3 is 12.1 Å². The van der Waals surface area contributed by atoms with Gasteiger partial charge in [0.15, 0.2) is 0 Å². The van der Waals surface area contributed by atoms with Gasteiger partial charge in [-0.05, 0) is 51.3 Å². The first-order valence-corrected chi connectivity index (χ1v) is 16.5. The number of carbonyl (C=O) groups is 2. The minimum atomic E-state index is -0.770. The van der Waals surface area contributed by atoms with Crippen molar-refractivity contribution in [3.05, 3.63) is 130 Å². The van der Waals surface area contributed by atoms with Crippen LogP contribution in [-0.4, -0.2) is 54.1 Å². The van der Waals surface area contributed by atoms with Gasteiger partial charge in [-0.3, -0.25) is 9.80 Å². The molecule has 0 spiro atoms. The summed E-state index contributed by atoms with van der Waals surface area (Å²) in [4.78, 5) is 32.6.